The molecule has 0 amide bonds. The zero-order valence-corrected chi connectivity index (χ0v) is 17.5. The summed E-state index contributed by atoms with van der Waals surface area (Å²) in [7, 11) is 6.00. The van der Waals surface area contributed by atoms with Crippen molar-refractivity contribution in [3.8, 4) is 0 Å². The monoisotopic (exact) mass is 387 g/mol. The van der Waals surface area contributed by atoms with Crippen molar-refractivity contribution in [1.29, 1.82) is 0 Å². The van der Waals surface area contributed by atoms with Crippen molar-refractivity contribution >= 4 is 23.1 Å². The number of rotatable bonds is 5. The first-order chi connectivity index (χ1) is 13.0. The van der Waals surface area contributed by atoms with E-state index in [2.05, 4.69) is 59.5 Å². The minimum Gasteiger partial charge on any atom is -0.354 e. The lowest BCUT2D eigenvalue weighted by atomic mass is 10.2. The lowest BCUT2D eigenvalue weighted by Gasteiger charge is -2.33. The van der Waals surface area contributed by atoms with Crippen LogP contribution in [0.5, 0.6) is 0 Å². The molecule has 0 radical (unpaired) electrons. The highest BCUT2D eigenvalue weighted by atomic mass is 32.1. The van der Waals surface area contributed by atoms with Crippen LogP contribution in [0.2, 0.25) is 0 Å². The number of pyridine rings is 1. The van der Waals surface area contributed by atoms with Crippen LogP contribution in [0.3, 0.4) is 0 Å². The third-order valence-corrected chi connectivity index (χ3v) is 5.55. The molecule has 2 aromatic heterocycles. The van der Waals surface area contributed by atoms with E-state index in [4.69, 9.17) is 0 Å². The number of guanidine groups is 1. The molecule has 1 fully saturated rings. The molecule has 0 bridgehead atoms. The normalized spacial score (nSPS) is 15.9. The molecule has 3 rings (SSSR count). The van der Waals surface area contributed by atoms with Crippen LogP contribution < -0.4 is 10.2 Å². The van der Waals surface area contributed by atoms with Gasteiger partial charge in [-0.1, -0.05) is 6.07 Å². The third kappa shape index (κ3) is 5.40. The van der Waals surface area contributed by atoms with Crippen molar-refractivity contribution in [2.24, 2.45) is 4.99 Å². The maximum Gasteiger partial charge on any atom is 0.194 e. The summed E-state index contributed by atoms with van der Waals surface area (Å²) >= 11 is 1.68. The van der Waals surface area contributed by atoms with Crippen molar-refractivity contribution in [2.75, 3.05) is 52.2 Å². The van der Waals surface area contributed by atoms with Gasteiger partial charge in [-0.2, -0.15) is 0 Å². The summed E-state index contributed by atoms with van der Waals surface area (Å²) in [5, 5.41) is 6.60. The number of piperazine rings is 1. The van der Waals surface area contributed by atoms with Gasteiger partial charge in [0, 0.05) is 58.4 Å². The van der Waals surface area contributed by atoms with Crippen molar-refractivity contribution in [2.45, 2.75) is 20.0 Å². The van der Waals surface area contributed by atoms with Gasteiger partial charge in [0.2, 0.25) is 0 Å². The molecule has 0 atom stereocenters. The SMILES string of the molecule is CN=C(NCc1ccc(N2CCN(C)CC2)nc1)N(C)Cc1csc(C)n1. The van der Waals surface area contributed by atoms with Gasteiger partial charge in [-0.05, 0) is 25.6 Å². The quantitative estimate of drug-likeness (QED) is 0.624. The third-order valence-electron chi connectivity index (χ3n) is 4.73. The molecule has 1 aliphatic rings. The van der Waals surface area contributed by atoms with Crippen LogP contribution in [0.1, 0.15) is 16.3 Å². The molecule has 1 saturated heterocycles. The van der Waals surface area contributed by atoms with Crippen LogP contribution in [0.15, 0.2) is 28.7 Å². The van der Waals surface area contributed by atoms with Gasteiger partial charge in [0.25, 0.3) is 0 Å². The Kier molecular flexibility index (Phi) is 6.63. The first-order valence-electron chi connectivity index (χ1n) is 9.26. The van der Waals surface area contributed by atoms with Gasteiger partial charge in [0.05, 0.1) is 17.2 Å². The van der Waals surface area contributed by atoms with E-state index in [1.807, 2.05) is 20.2 Å². The summed E-state index contributed by atoms with van der Waals surface area (Å²) in [6.45, 7) is 7.72. The van der Waals surface area contributed by atoms with Gasteiger partial charge in [-0.3, -0.25) is 4.99 Å². The van der Waals surface area contributed by atoms with E-state index in [9.17, 15) is 0 Å². The second-order valence-electron chi connectivity index (χ2n) is 6.93. The van der Waals surface area contributed by atoms with Crippen LogP contribution in [-0.2, 0) is 13.1 Å². The standard InChI is InChI=1S/C19H29N7S/c1-15-23-17(14-27-15)13-25(4)19(20-2)22-12-16-5-6-18(21-11-16)26-9-7-24(3)8-10-26/h5-6,11,14H,7-10,12-13H2,1-4H3,(H,20,22). The highest BCUT2D eigenvalue weighted by molar-refractivity contribution is 7.09. The summed E-state index contributed by atoms with van der Waals surface area (Å²) < 4.78 is 0. The van der Waals surface area contributed by atoms with E-state index >= 15 is 0 Å². The Morgan fingerprint density at radius 3 is 2.67 bits per heavy atom. The van der Waals surface area contributed by atoms with Crippen LogP contribution in [-0.4, -0.2) is 73.0 Å². The average Bonchev–Trinajstić information content (AvgIpc) is 3.08. The smallest absolute Gasteiger partial charge is 0.194 e. The van der Waals surface area contributed by atoms with Crippen LogP contribution in [0, 0.1) is 6.92 Å². The van der Waals surface area contributed by atoms with Crippen LogP contribution in [0.25, 0.3) is 0 Å². The lowest BCUT2D eigenvalue weighted by Crippen LogP contribution is -2.44. The van der Waals surface area contributed by atoms with Gasteiger partial charge < -0.3 is 20.0 Å². The molecule has 27 heavy (non-hydrogen) atoms. The van der Waals surface area contributed by atoms with Crippen molar-refractivity contribution in [3.63, 3.8) is 0 Å². The van der Waals surface area contributed by atoms with Crippen LogP contribution >= 0.6 is 11.3 Å². The van der Waals surface area contributed by atoms with E-state index in [0.717, 1.165) is 60.8 Å². The molecular formula is C19H29N7S. The number of hydrogen-bond acceptors (Lipinski definition) is 6. The Morgan fingerprint density at radius 2 is 2.07 bits per heavy atom. The lowest BCUT2D eigenvalue weighted by molar-refractivity contribution is 0.312. The number of likely N-dealkylation sites (N-methyl/N-ethyl adjacent to an activating group) is 1. The second-order valence-corrected chi connectivity index (χ2v) is 7.99. The van der Waals surface area contributed by atoms with Gasteiger partial charge >= 0.3 is 0 Å². The number of thiazole rings is 1. The second kappa shape index (κ2) is 9.14. The Balaban J connectivity index is 1.52. The van der Waals surface area contributed by atoms with Gasteiger partial charge in [-0.15, -0.1) is 11.3 Å². The predicted molar refractivity (Wildman–Crippen MR) is 112 cm³/mol. The molecule has 2 aromatic rings. The van der Waals surface area contributed by atoms with Crippen molar-refractivity contribution in [3.05, 3.63) is 40.0 Å². The summed E-state index contributed by atoms with van der Waals surface area (Å²) in [5.41, 5.74) is 2.22. The molecule has 1 N–H and O–H groups in total. The maximum absolute atomic E-state index is 4.65. The fourth-order valence-corrected chi connectivity index (χ4v) is 3.71. The molecule has 3 heterocycles. The van der Waals surface area contributed by atoms with Crippen molar-refractivity contribution in [1.82, 2.24) is 25.1 Å². The minimum atomic E-state index is 0.698. The molecular weight excluding hydrogens is 358 g/mol. The van der Waals surface area contributed by atoms with E-state index in [0.29, 0.717) is 6.54 Å². The molecule has 7 nitrogen and oxygen atoms in total. The number of aliphatic imine (C=N–C) groups is 1. The number of anilines is 1. The number of nitrogens with zero attached hydrogens (tertiary/aromatic N) is 6. The largest absolute Gasteiger partial charge is 0.354 e. The first kappa shape index (κ1) is 19.6. The Hall–Kier alpha value is -2.19. The number of hydrogen-bond donors (Lipinski definition) is 1. The topological polar surface area (TPSA) is 59.9 Å². The number of aromatic nitrogens is 2. The summed E-state index contributed by atoms with van der Waals surface area (Å²) in [5.74, 6) is 1.91. The molecule has 8 heteroatoms. The molecule has 0 spiro atoms. The average molecular weight is 388 g/mol. The summed E-state index contributed by atoms with van der Waals surface area (Å²) in [6, 6.07) is 4.26. The van der Waals surface area contributed by atoms with E-state index < -0.39 is 0 Å². The fourth-order valence-electron chi connectivity index (χ4n) is 3.11. The Bertz CT molecular complexity index is 748. The van der Waals surface area contributed by atoms with Gasteiger partial charge in [0.1, 0.15) is 5.82 Å². The Morgan fingerprint density at radius 1 is 1.30 bits per heavy atom. The molecule has 1 aliphatic heterocycles. The zero-order chi connectivity index (χ0) is 19.2. The van der Waals surface area contributed by atoms with E-state index in [1.165, 1.54) is 0 Å². The number of aryl methyl sites for hydroxylation is 1. The molecule has 0 aromatic carbocycles. The summed E-state index contributed by atoms with van der Waals surface area (Å²) in [4.78, 5) is 20.3. The molecule has 146 valence electrons. The van der Waals surface area contributed by atoms with Gasteiger partial charge in [0.15, 0.2) is 5.96 Å². The highest BCUT2D eigenvalue weighted by Gasteiger charge is 2.15. The number of nitrogens with one attached hydrogen (secondary N) is 1. The fraction of sp³-hybridized carbons (Fsp3) is 0.526. The highest BCUT2D eigenvalue weighted by Crippen LogP contribution is 2.14. The van der Waals surface area contributed by atoms with Crippen LogP contribution in [0.4, 0.5) is 5.82 Å². The first-order valence-corrected chi connectivity index (χ1v) is 10.1. The minimum absolute atomic E-state index is 0.698. The zero-order valence-electron chi connectivity index (χ0n) is 16.6. The summed E-state index contributed by atoms with van der Waals surface area (Å²) in [6.07, 6.45) is 1.96. The molecule has 0 unspecified atom stereocenters. The van der Waals surface area contributed by atoms with E-state index in [-0.39, 0.29) is 0 Å². The predicted octanol–water partition coefficient (Wildman–Crippen LogP) is 1.81. The van der Waals surface area contributed by atoms with Crippen molar-refractivity contribution < 1.29 is 0 Å². The molecule has 0 saturated carbocycles. The van der Waals surface area contributed by atoms with E-state index in [1.54, 1.807) is 18.4 Å². The maximum atomic E-state index is 4.65. The Labute approximate surface area is 165 Å². The van der Waals surface area contributed by atoms with Gasteiger partial charge in [-0.25, -0.2) is 9.97 Å². The molecule has 0 aliphatic carbocycles.